The molecular formula is C18H29N7O. The van der Waals surface area contributed by atoms with Crippen LogP contribution < -0.4 is 10.2 Å². The van der Waals surface area contributed by atoms with Crippen LogP contribution in [0.25, 0.3) is 0 Å². The summed E-state index contributed by atoms with van der Waals surface area (Å²) in [5.74, 6) is 1.82. The number of anilines is 1. The predicted octanol–water partition coefficient (Wildman–Crippen LogP) is 1.65. The monoisotopic (exact) mass is 359 g/mol. The second-order valence-electron chi connectivity index (χ2n) is 6.98. The molecule has 0 aromatic carbocycles. The fourth-order valence-electron chi connectivity index (χ4n) is 3.48. The van der Waals surface area contributed by atoms with Crippen LogP contribution >= 0.6 is 0 Å². The molecule has 3 rings (SSSR count). The van der Waals surface area contributed by atoms with Crippen molar-refractivity contribution in [1.82, 2.24) is 30.0 Å². The van der Waals surface area contributed by atoms with Gasteiger partial charge in [-0.1, -0.05) is 0 Å². The molecule has 8 heteroatoms. The summed E-state index contributed by atoms with van der Waals surface area (Å²) in [4.78, 5) is 11.5. The van der Waals surface area contributed by atoms with Gasteiger partial charge in [-0.15, -0.1) is 10.2 Å². The van der Waals surface area contributed by atoms with Crippen LogP contribution in [0.4, 0.5) is 5.95 Å². The molecule has 1 saturated heterocycles. The summed E-state index contributed by atoms with van der Waals surface area (Å²) in [6, 6.07) is 2.63. The van der Waals surface area contributed by atoms with Crippen molar-refractivity contribution >= 4 is 5.95 Å². The minimum atomic E-state index is 0.156. The van der Waals surface area contributed by atoms with Gasteiger partial charge in [-0.05, 0) is 39.7 Å². The molecule has 0 saturated carbocycles. The Bertz CT molecular complexity index is 689. The first-order valence-electron chi connectivity index (χ1n) is 9.26. The molecule has 0 bridgehead atoms. The van der Waals surface area contributed by atoms with Gasteiger partial charge in [0.05, 0.1) is 12.6 Å². The van der Waals surface area contributed by atoms with Crippen molar-refractivity contribution in [2.45, 2.75) is 52.2 Å². The first-order valence-corrected chi connectivity index (χ1v) is 9.26. The quantitative estimate of drug-likeness (QED) is 0.805. The highest BCUT2D eigenvalue weighted by Crippen LogP contribution is 2.19. The molecule has 0 radical (unpaired) electrons. The predicted molar refractivity (Wildman–Crippen MR) is 100 cm³/mol. The van der Waals surface area contributed by atoms with Crippen molar-refractivity contribution in [3.8, 4) is 0 Å². The zero-order valence-corrected chi connectivity index (χ0v) is 16.1. The number of piperidine rings is 1. The van der Waals surface area contributed by atoms with Crippen LogP contribution in [0, 0.1) is 13.8 Å². The molecular weight excluding hydrogens is 330 g/mol. The summed E-state index contributed by atoms with van der Waals surface area (Å²) in [6.07, 6.45) is 3.90. The number of aryl methyl sites for hydroxylation is 2. The van der Waals surface area contributed by atoms with Gasteiger partial charge in [0.1, 0.15) is 12.2 Å². The van der Waals surface area contributed by atoms with Gasteiger partial charge in [0.25, 0.3) is 0 Å². The van der Waals surface area contributed by atoms with Crippen molar-refractivity contribution in [3.05, 3.63) is 29.6 Å². The van der Waals surface area contributed by atoms with Crippen molar-refractivity contribution in [1.29, 1.82) is 0 Å². The smallest absolute Gasteiger partial charge is 0.225 e. The van der Waals surface area contributed by atoms with Crippen LogP contribution in [0.2, 0.25) is 0 Å². The highest BCUT2D eigenvalue weighted by molar-refractivity contribution is 5.32. The Labute approximate surface area is 155 Å². The normalized spacial score (nSPS) is 16.8. The number of aromatic nitrogens is 5. The Balaban J connectivity index is 1.54. The van der Waals surface area contributed by atoms with Crippen LogP contribution in [-0.2, 0) is 11.3 Å². The van der Waals surface area contributed by atoms with E-state index in [0.717, 1.165) is 55.6 Å². The summed E-state index contributed by atoms with van der Waals surface area (Å²) >= 11 is 0. The minimum absolute atomic E-state index is 0.156. The van der Waals surface area contributed by atoms with Gasteiger partial charge in [0.2, 0.25) is 5.95 Å². The zero-order valence-electron chi connectivity index (χ0n) is 16.1. The lowest BCUT2D eigenvalue weighted by Crippen LogP contribution is -2.44. The molecule has 1 N–H and O–H groups in total. The molecule has 1 fully saturated rings. The molecule has 1 aliphatic rings. The van der Waals surface area contributed by atoms with E-state index in [1.54, 1.807) is 13.4 Å². The molecule has 3 heterocycles. The van der Waals surface area contributed by atoms with Crippen LogP contribution in [0.5, 0.6) is 0 Å². The first-order chi connectivity index (χ1) is 12.6. The number of nitrogens with one attached hydrogen (secondary N) is 1. The van der Waals surface area contributed by atoms with E-state index in [4.69, 9.17) is 4.74 Å². The van der Waals surface area contributed by atoms with E-state index in [1.165, 1.54) is 0 Å². The Morgan fingerprint density at radius 2 is 1.92 bits per heavy atom. The number of nitrogens with zero attached hydrogens (tertiary/aromatic N) is 6. The molecule has 1 unspecified atom stereocenters. The van der Waals surface area contributed by atoms with Crippen molar-refractivity contribution < 1.29 is 4.74 Å². The Kier molecular flexibility index (Phi) is 6.16. The van der Waals surface area contributed by atoms with Gasteiger partial charge < -0.3 is 19.5 Å². The Hall–Kier alpha value is -2.06. The van der Waals surface area contributed by atoms with Gasteiger partial charge in [-0.25, -0.2) is 9.97 Å². The number of rotatable bonds is 7. The summed E-state index contributed by atoms with van der Waals surface area (Å²) in [6.45, 7) is 9.54. The van der Waals surface area contributed by atoms with Crippen LogP contribution in [0.1, 0.15) is 43.0 Å². The highest BCUT2D eigenvalue weighted by Gasteiger charge is 2.24. The number of hydrogen-bond donors (Lipinski definition) is 1. The second kappa shape index (κ2) is 8.55. The van der Waals surface area contributed by atoms with Gasteiger partial charge in [-0.3, -0.25) is 0 Å². The maximum Gasteiger partial charge on any atom is 0.225 e. The van der Waals surface area contributed by atoms with E-state index in [-0.39, 0.29) is 6.04 Å². The Morgan fingerprint density at radius 1 is 1.23 bits per heavy atom. The van der Waals surface area contributed by atoms with E-state index in [2.05, 4.69) is 41.9 Å². The molecule has 0 spiro atoms. The third kappa shape index (κ3) is 4.56. The Morgan fingerprint density at radius 3 is 2.58 bits per heavy atom. The molecule has 8 nitrogen and oxygen atoms in total. The lowest BCUT2D eigenvalue weighted by atomic mass is 10.0. The molecule has 26 heavy (non-hydrogen) atoms. The number of methoxy groups -OCH3 is 1. The standard InChI is InChI=1S/C18H29N7O/c1-13-11-14(2)21-18(20-13)24-7-5-16(6-8-24)22-15(3)17-23-19-12-25(17)9-10-26-4/h11-12,15-16,22H,5-10H2,1-4H3. The van der Waals surface area contributed by atoms with E-state index in [0.29, 0.717) is 12.6 Å². The maximum absolute atomic E-state index is 5.16. The third-order valence-corrected chi connectivity index (χ3v) is 4.80. The fraction of sp³-hybridized carbons (Fsp3) is 0.667. The van der Waals surface area contributed by atoms with Crippen molar-refractivity contribution in [2.24, 2.45) is 0 Å². The lowest BCUT2D eigenvalue weighted by molar-refractivity contribution is 0.185. The van der Waals surface area contributed by atoms with Crippen LogP contribution in [0.15, 0.2) is 12.4 Å². The molecule has 2 aromatic rings. The zero-order chi connectivity index (χ0) is 18.5. The minimum Gasteiger partial charge on any atom is -0.383 e. The first kappa shape index (κ1) is 18.7. The molecule has 142 valence electrons. The fourth-order valence-corrected chi connectivity index (χ4v) is 3.48. The summed E-state index contributed by atoms with van der Waals surface area (Å²) in [5, 5.41) is 12.0. The van der Waals surface area contributed by atoms with Gasteiger partial charge in [0.15, 0.2) is 0 Å². The van der Waals surface area contributed by atoms with E-state index >= 15 is 0 Å². The average Bonchev–Trinajstić information content (AvgIpc) is 3.08. The highest BCUT2D eigenvalue weighted by atomic mass is 16.5. The van der Waals surface area contributed by atoms with E-state index in [1.807, 2.05) is 19.9 Å². The number of hydrogen-bond acceptors (Lipinski definition) is 7. The van der Waals surface area contributed by atoms with E-state index < -0.39 is 0 Å². The van der Waals surface area contributed by atoms with Gasteiger partial charge >= 0.3 is 0 Å². The van der Waals surface area contributed by atoms with Gasteiger partial charge in [-0.2, -0.15) is 0 Å². The van der Waals surface area contributed by atoms with Crippen molar-refractivity contribution in [3.63, 3.8) is 0 Å². The summed E-state index contributed by atoms with van der Waals surface area (Å²) < 4.78 is 7.21. The van der Waals surface area contributed by atoms with Crippen LogP contribution in [-0.4, -0.2) is 57.6 Å². The SMILES string of the molecule is COCCn1cnnc1C(C)NC1CCN(c2nc(C)cc(C)n2)CC1. The molecule has 2 aromatic heterocycles. The van der Waals surface area contributed by atoms with E-state index in [9.17, 15) is 0 Å². The summed E-state index contributed by atoms with van der Waals surface area (Å²) in [5.41, 5.74) is 2.05. The average molecular weight is 359 g/mol. The second-order valence-corrected chi connectivity index (χ2v) is 6.98. The molecule has 0 aliphatic carbocycles. The van der Waals surface area contributed by atoms with Gasteiger partial charge in [0, 0.05) is 44.2 Å². The number of ether oxygens (including phenoxy) is 1. The largest absolute Gasteiger partial charge is 0.383 e. The molecule has 0 amide bonds. The maximum atomic E-state index is 5.16. The molecule has 1 atom stereocenters. The van der Waals surface area contributed by atoms with Crippen LogP contribution in [0.3, 0.4) is 0 Å². The van der Waals surface area contributed by atoms with Crippen molar-refractivity contribution in [2.75, 3.05) is 31.7 Å². The lowest BCUT2D eigenvalue weighted by Gasteiger charge is -2.34. The summed E-state index contributed by atoms with van der Waals surface area (Å²) in [7, 11) is 1.71. The third-order valence-electron chi connectivity index (χ3n) is 4.80. The topological polar surface area (TPSA) is 81.0 Å². The molecule has 1 aliphatic heterocycles.